The number of para-hydroxylation sites is 1. The van der Waals surface area contributed by atoms with Gasteiger partial charge in [0.2, 0.25) is 0 Å². The van der Waals surface area contributed by atoms with E-state index in [2.05, 4.69) is 81.8 Å². The summed E-state index contributed by atoms with van der Waals surface area (Å²) in [6.45, 7) is 8.24. The third-order valence-corrected chi connectivity index (χ3v) is 5.93. The number of guanidine groups is 1. The van der Waals surface area contributed by atoms with E-state index in [1.807, 2.05) is 24.7 Å². The number of halogens is 1. The minimum Gasteiger partial charge on any atom is -0.376 e. The van der Waals surface area contributed by atoms with Gasteiger partial charge in [0.15, 0.2) is 5.96 Å². The molecule has 1 fully saturated rings. The summed E-state index contributed by atoms with van der Waals surface area (Å²) in [6, 6.07) is 20.9. The van der Waals surface area contributed by atoms with Crippen LogP contribution in [0.3, 0.4) is 0 Å². The molecule has 1 unspecified atom stereocenters. The molecule has 2 heterocycles. The van der Waals surface area contributed by atoms with Crippen LogP contribution < -0.4 is 5.32 Å². The van der Waals surface area contributed by atoms with Gasteiger partial charge in [0, 0.05) is 38.3 Å². The van der Waals surface area contributed by atoms with Gasteiger partial charge in [-0.2, -0.15) is 5.10 Å². The van der Waals surface area contributed by atoms with Gasteiger partial charge in [-0.1, -0.05) is 48.5 Å². The zero-order valence-corrected chi connectivity index (χ0v) is 22.0. The number of aromatic nitrogens is 2. The number of nitrogens with zero attached hydrogens (tertiary/aromatic N) is 4. The summed E-state index contributed by atoms with van der Waals surface area (Å²) in [7, 11) is 1.86. The molecule has 0 saturated carbocycles. The molecule has 1 saturated heterocycles. The molecular weight excluding hydrogens is 525 g/mol. The van der Waals surface area contributed by atoms with Crippen molar-refractivity contribution in [3.63, 3.8) is 0 Å². The summed E-state index contributed by atoms with van der Waals surface area (Å²) in [4.78, 5) is 6.88. The fourth-order valence-electron chi connectivity index (χ4n) is 4.33. The predicted molar refractivity (Wildman–Crippen MR) is 144 cm³/mol. The molecule has 1 aliphatic heterocycles. The maximum absolute atomic E-state index is 5.98. The summed E-state index contributed by atoms with van der Waals surface area (Å²) in [6.07, 6.45) is 1.12. The van der Waals surface area contributed by atoms with Crippen molar-refractivity contribution in [2.75, 3.05) is 26.7 Å². The minimum absolute atomic E-state index is 0. The van der Waals surface area contributed by atoms with E-state index < -0.39 is 0 Å². The van der Waals surface area contributed by atoms with E-state index in [4.69, 9.17) is 4.74 Å². The molecule has 1 aliphatic rings. The van der Waals surface area contributed by atoms with Gasteiger partial charge in [0.05, 0.1) is 24.6 Å². The Morgan fingerprint density at radius 1 is 1.12 bits per heavy atom. The average molecular weight is 559 g/mol. The molecule has 0 aliphatic carbocycles. The highest BCUT2D eigenvalue weighted by atomic mass is 127. The van der Waals surface area contributed by atoms with Gasteiger partial charge in [-0.05, 0) is 43.5 Å². The fourth-order valence-corrected chi connectivity index (χ4v) is 4.33. The van der Waals surface area contributed by atoms with Crippen molar-refractivity contribution in [3.8, 4) is 5.69 Å². The standard InChI is InChI=1S/C26H33N5O.HI/c1-20-15-21(2)31(29-20)25-12-8-7-11-24(25)16-28-26(27-3)30-14-13-23(17-30)19-32-18-22-9-5-4-6-10-22;/h4-12,15,23H,13-14,16-19H2,1-3H3,(H,27,28);1H. The van der Waals surface area contributed by atoms with Crippen LogP contribution in [0.25, 0.3) is 5.69 Å². The predicted octanol–water partition coefficient (Wildman–Crippen LogP) is 4.72. The Morgan fingerprint density at radius 2 is 1.88 bits per heavy atom. The van der Waals surface area contributed by atoms with E-state index in [0.717, 1.165) is 49.2 Å². The van der Waals surface area contributed by atoms with Crippen LogP contribution in [-0.2, 0) is 17.9 Å². The first kappa shape index (κ1) is 25.2. The summed E-state index contributed by atoms with van der Waals surface area (Å²) in [5.74, 6) is 1.47. The normalized spacial score (nSPS) is 16.0. The lowest BCUT2D eigenvalue weighted by Gasteiger charge is -2.22. The molecule has 1 aromatic heterocycles. The SMILES string of the molecule is CN=C(NCc1ccccc1-n1nc(C)cc1C)N1CCC(COCc2ccccc2)C1.I. The van der Waals surface area contributed by atoms with E-state index in [1.165, 1.54) is 11.1 Å². The van der Waals surface area contributed by atoms with E-state index in [0.29, 0.717) is 19.1 Å². The average Bonchev–Trinajstić information content (AvgIpc) is 3.41. The molecule has 7 heteroatoms. The number of benzene rings is 2. The second-order valence-electron chi connectivity index (χ2n) is 8.47. The van der Waals surface area contributed by atoms with Gasteiger partial charge in [-0.25, -0.2) is 4.68 Å². The second-order valence-corrected chi connectivity index (χ2v) is 8.47. The largest absolute Gasteiger partial charge is 0.376 e. The molecule has 3 aromatic rings. The van der Waals surface area contributed by atoms with Crippen molar-refractivity contribution in [2.24, 2.45) is 10.9 Å². The molecule has 6 nitrogen and oxygen atoms in total. The molecule has 1 N–H and O–H groups in total. The lowest BCUT2D eigenvalue weighted by molar-refractivity contribution is 0.0906. The minimum atomic E-state index is 0. The summed E-state index contributed by atoms with van der Waals surface area (Å²) in [5, 5.41) is 8.22. The van der Waals surface area contributed by atoms with Gasteiger partial charge in [0.1, 0.15) is 0 Å². The molecule has 176 valence electrons. The molecule has 0 radical (unpaired) electrons. The van der Waals surface area contributed by atoms with Crippen molar-refractivity contribution in [1.29, 1.82) is 0 Å². The second kappa shape index (κ2) is 12.2. The molecule has 0 spiro atoms. The third-order valence-electron chi connectivity index (χ3n) is 5.93. The molecule has 0 bridgehead atoms. The Labute approximate surface area is 214 Å². The topological polar surface area (TPSA) is 54.7 Å². The number of aliphatic imine (C=N–C) groups is 1. The highest BCUT2D eigenvalue weighted by Gasteiger charge is 2.25. The van der Waals surface area contributed by atoms with Crippen molar-refractivity contribution in [3.05, 3.63) is 83.2 Å². The summed E-state index contributed by atoms with van der Waals surface area (Å²) in [5.41, 5.74) is 5.69. The number of hydrogen-bond acceptors (Lipinski definition) is 3. The molecule has 2 aromatic carbocycles. The van der Waals surface area contributed by atoms with Crippen LogP contribution in [0.5, 0.6) is 0 Å². The monoisotopic (exact) mass is 559 g/mol. The number of ether oxygens (including phenoxy) is 1. The molecule has 33 heavy (non-hydrogen) atoms. The quantitative estimate of drug-likeness (QED) is 0.259. The highest BCUT2D eigenvalue weighted by Crippen LogP contribution is 2.19. The number of aryl methyl sites for hydroxylation is 2. The number of nitrogens with one attached hydrogen (secondary N) is 1. The lowest BCUT2D eigenvalue weighted by Crippen LogP contribution is -2.40. The van der Waals surface area contributed by atoms with E-state index in [9.17, 15) is 0 Å². The van der Waals surface area contributed by atoms with Crippen molar-refractivity contribution < 1.29 is 4.74 Å². The fraction of sp³-hybridized carbons (Fsp3) is 0.385. The Bertz CT molecular complexity index is 1050. The van der Waals surface area contributed by atoms with Crippen molar-refractivity contribution >= 4 is 29.9 Å². The molecule has 0 amide bonds. The number of rotatable bonds is 7. The maximum Gasteiger partial charge on any atom is 0.193 e. The van der Waals surface area contributed by atoms with Crippen LogP contribution in [0.2, 0.25) is 0 Å². The van der Waals surface area contributed by atoms with Gasteiger partial charge in [0.25, 0.3) is 0 Å². The van der Waals surface area contributed by atoms with Gasteiger partial charge < -0.3 is 15.0 Å². The van der Waals surface area contributed by atoms with E-state index in [-0.39, 0.29) is 24.0 Å². The smallest absolute Gasteiger partial charge is 0.193 e. The first-order valence-electron chi connectivity index (χ1n) is 11.3. The Morgan fingerprint density at radius 3 is 2.61 bits per heavy atom. The maximum atomic E-state index is 5.98. The zero-order valence-electron chi connectivity index (χ0n) is 19.7. The third kappa shape index (κ3) is 6.57. The van der Waals surface area contributed by atoms with Crippen LogP contribution in [-0.4, -0.2) is 47.4 Å². The number of hydrogen-bond donors (Lipinski definition) is 1. The van der Waals surface area contributed by atoms with Gasteiger partial charge >= 0.3 is 0 Å². The van der Waals surface area contributed by atoms with Crippen LogP contribution in [0, 0.1) is 19.8 Å². The lowest BCUT2D eigenvalue weighted by atomic mass is 10.1. The summed E-state index contributed by atoms with van der Waals surface area (Å²) < 4.78 is 7.99. The Kier molecular flexibility index (Phi) is 9.31. The molecular formula is C26H34IN5O. The Balaban J connectivity index is 0.00000306. The van der Waals surface area contributed by atoms with Crippen LogP contribution in [0.1, 0.15) is 28.9 Å². The molecule has 4 rings (SSSR count). The van der Waals surface area contributed by atoms with Crippen molar-refractivity contribution in [2.45, 2.75) is 33.4 Å². The van der Waals surface area contributed by atoms with E-state index in [1.54, 1.807) is 0 Å². The van der Waals surface area contributed by atoms with Crippen molar-refractivity contribution in [1.82, 2.24) is 20.0 Å². The highest BCUT2D eigenvalue weighted by molar-refractivity contribution is 14.0. The van der Waals surface area contributed by atoms with E-state index >= 15 is 0 Å². The summed E-state index contributed by atoms with van der Waals surface area (Å²) >= 11 is 0. The van der Waals surface area contributed by atoms with Gasteiger partial charge in [-0.3, -0.25) is 4.99 Å². The van der Waals surface area contributed by atoms with Crippen LogP contribution in [0.4, 0.5) is 0 Å². The first-order valence-corrected chi connectivity index (χ1v) is 11.3. The zero-order chi connectivity index (χ0) is 22.3. The van der Waals surface area contributed by atoms with Gasteiger partial charge in [-0.15, -0.1) is 24.0 Å². The van der Waals surface area contributed by atoms with Crippen LogP contribution in [0.15, 0.2) is 65.7 Å². The number of likely N-dealkylation sites (tertiary alicyclic amines) is 1. The first-order chi connectivity index (χ1) is 15.6. The molecule has 1 atom stereocenters. The van der Waals surface area contributed by atoms with Crippen LogP contribution >= 0.6 is 24.0 Å². The Hall–Kier alpha value is -2.39.